The molecule has 1 heterocycles. The maximum atomic E-state index is 14.9. The van der Waals surface area contributed by atoms with E-state index in [0.29, 0.717) is 30.7 Å². The molecule has 0 N–H and O–H groups in total. The minimum Gasteiger partial charge on any atom is -0.467 e. The highest BCUT2D eigenvalue weighted by atomic mass is 16.6. The molecule has 1 amide bonds. The Morgan fingerprint density at radius 2 is 1.52 bits per heavy atom. The van der Waals surface area contributed by atoms with Gasteiger partial charge in [0.05, 0.1) is 12.5 Å². The van der Waals surface area contributed by atoms with Crippen molar-refractivity contribution in [1.29, 1.82) is 0 Å². The molecule has 0 spiro atoms. The van der Waals surface area contributed by atoms with Crippen molar-refractivity contribution in [1.82, 2.24) is 4.90 Å². The minimum atomic E-state index is -0.471. The Morgan fingerprint density at radius 1 is 0.792 bits per heavy atom. The highest BCUT2D eigenvalue weighted by Crippen LogP contribution is 2.78. The highest BCUT2D eigenvalue weighted by Gasteiger charge is 2.73. The smallest absolute Gasteiger partial charge is 0.328 e. The lowest BCUT2D eigenvalue weighted by Crippen LogP contribution is -2.68. The molecule has 5 saturated carbocycles. The summed E-state index contributed by atoms with van der Waals surface area (Å²) in [6.07, 6.45) is 11.0. The molecule has 1 saturated heterocycles. The average Bonchev–Trinajstić information content (AvgIpc) is 3.67. The molecule has 8 heteroatoms. The van der Waals surface area contributed by atoms with Gasteiger partial charge in [0, 0.05) is 25.8 Å². The molecule has 12 atom stereocenters. The van der Waals surface area contributed by atoms with E-state index in [4.69, 9.17) is 14.2 Å². The topological polar surface area (TPSA) is 99.2 Å². The average molecular weight is 668 g/mol. The molecular formula is C40H61NO7. The Labute approximate surface area is 288 Å². The number of rotatable bonds is 6. The Bertz CT molecular complexity index is 1360. The molecule has 0 aromatic carbocycles. The Hall–Kier alpha value is -2.38. The van der Waals surface area contributed by atoms with Gasteiger partial charge >= 0.3 is 17.9 Å². The normalized spacial score (nSPS) is 46.3. The van der Waals surface area contributed by atoms with Gasteiger partial charge in [0.15, 0.2) is 0 Å². The van der Waals surface area contributed by atoms with Gasteiger partial charge in [0.1, 0.15) is 18.8 Å². The molecule has 48 heavy (non-hydrogen) atoms. The molecule has 5 aliphatic carbocycles. The SMILES string of the molecule is C=C(C)[C@@H]1CC[C@]2(C(=O)N3CCC[C@H]3C(=O)OC)CC[C@]3(C)[C@H](CC[C@@H]4[C@@]5(C)CC[C@H](OC(C)=O)[C@@](C)(COC(C)=O)[C@@H]5CC[C@]43C)[C@@H]12. The van der Waals surface area contributed by atoms with Gasteiger partial charge in [0.2, 0.25) is 5.91 Å². The van der Waals surface area contributed by atoms with Gasteiger partial charge in [-0.15, -0.1) is 0 Å². The van der Waals surface area contributed by atoms with E-state index < -0.39 is 16.9 Å². The van der Waals surface area contributed by atoms with Crippen LogP contribution in [-0.2, 0) is 33.4 Å². The lowest BCUT2D eigenvalue weighted by molar-refractivity contribution is -0.257. The summed E-state index contributed by atoms with van der Waals surface area (Å²) in [5, 5.41) is 0. The second-order valence-electron chi connectivity index (χ2n) is 17.9. The first-order chi connectivity index (χ1) is 22.5. The molecule has 6 fully saturated rings. The van der Waals surface area contributed by atoms with Crippen molar-refractivity contribution in [2.75, 3.05) is 20.3 Å². The summed E-state index contributed by atoms with van der Waals surface area (Å²) in [7, 11) is 1.43. The minimum absolute atomic E-state index is 0.00357. The van der Waals surface area contributed by atoms with Crippen molar-refractivity contribution >= 4 is 23.8 Å². The van der Waals surface area contributed by atoms with Crippen molar-refractivity contribution < 1.29 is 33.4 Å². The van der Waals surface area contributed by atoms with Gasteiger partial charge in [-0.3, -0.25) is 14.4 Å². The maximum absolute atomic E-state index is 14.9. The number of fused-ring (bicyclic) bond motifs is 7. The molecule has 1 aliphatic heterocycles. The van der Waals surface area contributed by atoms with Crippen LogP contribution < -0.4 is 0 Å². The zero-order chi connectivity index (χ0) is 35.0. The Balaban J connectivity index is 1.36. The van der Waals surface area contributed by atoms with Crippen LogP contribution in [0.4, 0.5) is 0 Å². The first-order valence-corrected chi connectivity index (χ1v) is 18.8. The number of hydrogen-bond donors (Lipinski definition) is 0. The number of methoxy groups -OCH3 is 1. The van der Waals surface area contributed by atoms with Crippen molar-refractivity contribution in [3.63, 3.8) is 0 Å². The van der Waals surface area contributed by atoms with Crippen LogP contribution in [0.3, 0.4) is 0 Å². The molecule has 0 aromatic heterocycles. The number of ether oxygens (including phenoxy) is 3. The second kappa shape index (κ2) is 12.1. The molecule has 0 bridgehead atoms. The predicted octanol–water partition coefficient (Wildman–Crippen LogP) is 7.28. The number of carbonyl (C=O) groups excluding carboxylic acids is 4. The molecule has 6 rings (SSSR count). The highest BCUT2D eigenvalue weighted by molar-refractivity contribution is 5.89. The summed E-state index contributed by atoms with van der Waals surface area (Å²) in [5.74, 6) is 0.972. The van der Waals surface area contributed by atoms with E-state index in [-0.39, 0.29) is 64.6 Å². The van der Waals surface area contributed by atoms with E-state index in [0.717, 1.165) is 70.6 Å². The number of carbonyl (C=O) groups is 4. The van der Waals surface area contributed by atoms with Crippen molar-refractivity contribution in [3.05, 3.63) is 12.2 Å². The fourth-order valence-electron chi connectivity index (χ4n) is 13.8. The van der Waals surface area contributed by atoms with Crippen LogP contribution in [0.2, 0.25) is 0 Å². The fraction of sp³-hybridized carbons (Fsp3) is 0.850. The third kappa shape index (κ3) is 4.94. The number of allylic oxidation sites excluding steroid dienone is 1. The molecule has 8 nitrogen and oxygen atoms in total. The maximum Gasteiger partial charge on any atom is 0.328 e. The van der Waals surface area contributed by atoms with Crippen LogP contribution in [0.25, 0.3) is 0 Å². The predicted molar refractivity (Wildman–Crippen MR) is 182 cm³/mol. The number of hydrogen-bond acceptors (Lipinski definition) is 7. The fourth-order valence-corrected chi connectivity index (χ4v) is 13.8. The lowest BCUT2D eigenvalue weighted by atomic mass is 9.32. The van der Waals surface area contributed by atoms with Crippen LogP contribution in [0.1, 0.15) is 126 Å². The summed E-state index contributed by atoms with van der Waals surface area (Å²) in [6, 6.07) is -0.471. The van der Waals surface area contributed by atoms with Crippen LogP contribution >= 0.6 is 0 Å². The van der Waals surface area contributed by atoms with Gasteiger partial charge in [-0.1, -0.05) is 39.8 Å². The summed E-state index contributed by atoms with van der Waals surface area (Å²) in [5.41, 5.74) is 0.389. The van der Waals surface area contributed by atoms with Crippen LogP contribution in [0, 0.1) is 56.7 Å². The quantitative estimate of drug-likeness (QED) is 0.167. The van der Waals surface area contributed by atoms with Crippen LogP contribution in [0.5, 0.6) is 0 Å². The standard InChI is InChI=1S/C40H61NO7/c1-24(2)27-14-19-40(35(45)41-22-10-11-29(41)34(44)46-9)21-20-38(7)28(33(27)40)12-13-31-36(5)17-16-32(48-26(4)43)37(6,23-47-25(3)42)30(36)15-18-39(31,38)8/h27-33H,1,10-23H2,2-9H3/t27-,28+,29-,30+,31+,32-,33+,36-,37-,38+,39+,40-/m0/s1. The summed E-state index contributed by atoms with van der Waals surface area (Å²) in [4.78, 5) is 53.9. The monoisotopic (exact) mass is 667 g/mol. The number of esters is 3. The zero-order valence-electron chi connectivity index (χ0n) is 31.0. The first-order valence-electron chi connectivity index (χ1n) is 18.8. The van der Waals surface area contributed by atoms with Gasteiger partial charge in [-0.2, -0.15) is 0 Å². The summed E-state index contributed by atoms with van der Waals surface area (Å²) in [6.45, 7) is 20.3. The van der Waals surface area contributed by atoms with Gasteiger partial charge in [-0.25, -0.2) is 4.79 Å². The summed E-state index contributed by atoms with van der Waals surface area (Å²) < 4.78 is 16.9. The zero-order valence-corrected chi connectivity index (χ0v) is 31.0. The number of likely N-dealkylation sites (tertiary alicyclic amines) is 1. The Kier molecular flexibility index (Phi) is 8.97. The molecular weight excluding hydrogens is 606 g/mol. The molecule has 0 radical (unpaired) electrons. The first kappa shape index (κ1) is 35.4. The molecule has 0 aromatic rings. The third-order valence-corrected chi connectivity index (χ3v) is 16.1. The second-order valence-corrected chi connectivity index (χ2v) is 17.9. The van der Waals surface area contributed by atoms with Crippen LogP contribution in [0.15, 0.2) is 12.2 Å². The van der Waals surface area contributed by atoms with E-state index in [1.54, 1.807) is 0 Å². The largest absolute Gasteiger partial charge is 0.467 e. The Morgan fingerprint density at radius 3 is 2.17 bits per heavy atom. The number of amides is 1. The van der Waals surface area contributed by atoms with Crippen molar-refractivity contribution in [3.8, 4) is 0 Å². The summed E-state index contributed by atoms with van der Waals surface area (Å²) >= 11 is 0. The van der Waals surface area contributed by atoms with E-state index >= 15 is 0 Å². The van der Waals surface area contributed by atoms with Crippen LogP contribution in [-0.4, -0.2) is 61.1 Å². The van der Waals surface area contributed by atoms with Gasteiger partial charge in [-0.05, 0) is 130 Å². The van der Waals surface area contributed by atoms with E-state index in [1.165, 1.54) is 26.5 Å². The van der Waals surface area contributed by atoms with E-state index in [2.05, 4.69) is 41.2 Å². The molecule has 0 unspecified atom stereocenters. The number of nitrogens with zero attached hydrogens (tertiary/aromatic N) is 1. The van der Waals surface area contributed by atoms with Gasteiger partial charge in [0.25, 0.3) is 0 Å². The van der Waals surface area contributed by atoms with Gasteiger partial charge < -0.3 is 19.1 Å². The van der Waals surface area contributed by atoms with Crippen molar-refractivity contribution in [2.45, 2.75) is 138 Å². The third-order valence-electron chi connectivity index (χ3n) is 16.1. The van der Waals surface area contributed by atoms with E-state index in [1.807, 2.05) is 4.90 Å². The molecule has 6 aliphatic rings. The van der Waals surface area contributed by atoms with E-state index in [9.17, 15) is 19.2 Å². The van der Waals surface area contributed by atoms with Crippen molar-refractivity contribution in [2.24, 2.45) is 56.7 Å². The molecule has 268 valence electrons. The lowest BCUT2D eigenvalue weighted by Gasteiger charge is -2.73.